The summed E-state index contributed by atoms with van der Waals surface area (Å²) in [5.41, 5.74) is 0. The van der Waals surface area contributed by atoms with E-state index in [1.807, 2.05) is 24.4 Å². The van der Waals surface area contributed by atoms with Gasteiger partial charge in [-0.25, -0.2) is 0 Å². The average molecular weight is 294 g/mol. The highest BCUT2D eigenvalue weighted by Crippen LogP contribution is 2.22. The first-order valence-corrected chi connectivity index (χ1v) is 8.03. The molecule has 1 aliphatic rings. The van der Waals surface area contributed by atoms with Crippen LogP contribution in [0.1, 0.15) is 43.3 Å². The fraction of sp³-hybridized carbons (Fsp3) is 0.600. The molecule has 1 fully saturated rings. The van der Waals surface area contributed by atoms with Crippen LogP contribution in [0.3, 0.4) is 0 Å². The highest BCUT2D eigenvalue weighted by atomic mass is 32.1. The van der Waals surface area contributed by atoms with Crippen LogP contribution >= 0.6 is 11.3 Å². The third-order valence-corrected chi connectivity index (χ3v) is 4.78. The molecule has 1 saturated heterocycles. The summed E-state index contributed by atoms with van der Waals surface area (Å²) in [7, 11) is 0. The molecule has 2 amide bonds. The van der Waals surface area contributed by atoms with Crippen LogP contribution in [0.25, 0.3) is 0 Å². The zero-order valence-electron chi connectivity index (χ0n) is 12.3. The number of hydrogen-bond donors (Lipinski definition) is 1. The molecule has 1 N–H and O–H groups in total. The van der Waals surface area contributed by atoms with Crippen molar-refractivity contribution in [2.24, 2.45) is 5.92 Å². The highest BCUT2D eigenvalue weighted by molar-refractivity contribution is 7.12. The molecule has 0 saturated carbocycles. The summed E-state index contributed by atoms with van der Waals surface area (Å²) in [4.78, 5) is 27.2. The predicted octanol–water partition coefficient (Wildman–Crippen LogP) is 2.51. The van der Waals surface area contributed by atoms with Crippen molar-refractivity contribution in [2.75, 3.05) is 6.54 Å². The molecule has 0 aromatic carbocycles. The molecule has 1 aromatic rings. The maximum Gasteiger partial charge on any atom is 0.264 e. The van der Waals surface area contributed by atoms with E-state index in [0.29, 0.717) is 17.3 Å². The summed E-state index contributed by atoms with van der Waals surface area (Å²) in [5.74, 6) is 0.352. The Hall–Kier alpha value is -1.36. The van der Waals surface area contributed by atoms with Gasteiger partial charge in [-0.15, -0.1) is 11.3 Å². The Balaban J connectivity index is 2.04. The Morgan fingerprint density at radius 1 is 1.40 bits per heavy atom. The van der Waals surface area contributed by atoms with E-state index in [4.69, 9.17) is 0 Å². The fourth-order valence-corrected chi connectivity index (χ4v) is 2.99. The quantitative estimate of drug-likeness (QED) is 0.927. The van der Waals surface area contributed by atoms with Crippen LogP contribution in [0, 0.1) is 5.92 Å². The lowest BCUT2D eigenvalue weighted by molar-refractivity contribution is -0.125. The first kappa shape index (κ1) is 15.0. The van der Waals surface area contributed by atoms with E-state index in [0.717, 1.165) is 12.8 Å². The van der Waals surface area contributed by atoms with E-state index in [9.17, 15) is 9.59 Å². The second-order valence-corrected chi connectivity index (χ2v) is 6.62. The number of amides is 2. The van der Waals surface area contributed by atoms with Crippen LogP contribution in [0.15, 0.2) is 17.5 Å². The fourth-order valence-electron chi connectivity index (χ4n) is 2.31. The van der Waals surface area contributed by atoms with Crippen molar-refractivity contribution in [3.05, 3.63) is 22.4 Å². The SMILES string of the molecule is CC(C)C(C)NC(=O)C1CCCN1C(=O)c1cccs1. The summed E-state index contributed by atoms with van der Waals surface area (Å²) in [6, 6.07) is 3.49. The van der Waals surface area contributed by atoms with Crippen LogP contribution in [0.5, 0.6) is 0 Å². The largest absolute Gasteiger partial charge is 0.352 e. The number of nitrogens with zero attached hydrogens (tertiary/aromatic N) is 1. The highest BCUT2D eigenvalue weighted by Gasteiger charge is 2.35. The molecule has 5 heteroatoms. The lowest BCUT2D eigenvalue weighted by atomic mass is 10.1. The Labute approximate surface area is 124 Å². The summed E-state index contributed by atoms with van der Waals surface area (Å²) in [6.07, 6.45) is 1.65. The Bertz CT molecular complexity index is 470. The van der Waals surface area contributed by atoms with Crippen LogP contribution in [0.2, 0.25) is 0 Å². The maximum atomic E-state index is 12.4. The number of nitrogens with one attached hydrogen (secondary N) is 1. The molecule has 4 nitrogen and oxygen atoms in total. The summed E-state index contributed by atoms with van der Waals surface area (Å²) >= 11 is 1.43. The molecule has 110 valence electrons. The molecule has 2 unspecified atom stereocenters. The molecular formula is C15H22N2O2S. The van der Waals surface area contributed by atoms with E-state index in [2.05, 4.69) is 19.2 Å². The van der Waals surface area contributed by atoms with E-state index < -0.39 is 0 Å². The van der Waals surface area contributed by atoms with Crippen LogP contribution < -0.4 is 5.32 Å². The van der Waals surface area contributed by atoms with Gasteiger partial charge in [0.1, 0.15) is 6.04 Å². The smallest absolute Gasteiger partial charge is 0.264 e. The standard InChI is InChI=1S/C15H22N2O2S/c1-10(2)11(3)16-14(18)12-6-4-8-17(12)15(19)13-7-5-9-20-13/h5,7,9-12H,4,6,8H2,1-3H3,(H,16,18). The van der Waals surface area contributed by atoms with Crippen molar-refractivity contribution in [2.45, 2.75) is 45.7 Å². The number of hydrogen-bond acceptors (Lipinski definition) is 3. The molecule has 0 spiro atoms. The molecule has 1 aliphatic heterocycles. The van der Waals surface area contributed by atoms with Gasteiger partial charge in [0.15, 0.2) is 0 Å². The maximum absolute atomic E-state index is 12.4. The molecule has 0 aliphatic carbocycles. The van der Waals surface area contributed by atoms with Gasteiger partial charge in [0.2, 0.25) is 5.91 Å². The van der Waals surface area contributed by atoms with E-state index in [-0.39, 0.29) is 23.9 Å². The zero-order valence-corrected chi connectivity index (χ0v) is 13.1. The molecule has 2 rings (SSSR count). The lowest BCUT2D eigenvalue weighted by Gasteiger charge is -2.26. The summed E-state index contributed by atoms with van der Waals surface area (Å²) < 4.78 is 0. The third kappa shape index (κ3) is 3.20. The van der Waals surface area contributed by atoms with Gasteiger partial charge in [-0.2, -0.15) is 0 Å². The number of likely N-dealkylation sites (tertiary alicyclic amines) is 1. The van der Waals surface area contributed by atoms with Crippen molar-refractivity contribution in [1.29, 1.82) is 0 Å². The molecular weight excluding hydrogens is 272 g/mol. The minimum atomic E-state index is -0.314. The molecule has 2 heterocycles. The van der Waals surface area contributed by atoms with Gasteiger partial charge >= 0.3 is 0 Å². The van der Waals surface area contributed by atoms with E-state index >= 15 is 0 Å². The van der Waals surface area contributed by atoms with Crippen molar-refractivity contribution < 1.29 is 9.59 Å². The van der Waals surface area contributed by atoms with Crippen LogP contribution in [-0.2, 0) is 4.79 Å². The first-order chi connectivity index (χ1) is 9.50. The van der Waals surface area contributed by atoms with Gasteiger partial charge < -0.3 is 10.2 Å². The number of carbonyl (C=O) groups excluding carboxylic acids is 2. The van der Waals surface area contributed by atoms with Crippen LogP contribution in [0.4, 0.5) is 0 Å². The topological polar surface area (TPSA) is 49.4 Å². The van der Waals surface area contributed by atoms with Gasteiger partial charge in [0.05, 0.1) is 4.88 Å². The van der Waals surface area contributed by atoms with Gasteiger partial charge in [-0.3, -0.25) is 9.59 Å². The van der Waals surface area contributed by atoms with Gasteiger partial charge in [-0.05, 0) is 37.1 Å². The third-order valence-electron chi connectivity index (χ3n) is 3.92. The van der Waals surface area contributed by atoms with Gasteiger partial charge in [-0.1, -0.05) is 19.9 Å². The predicted molar refractivity (Wildman–Crippen MR) is 80.8 cm³/mol. The van der Waals surface area contributed by atoms with Gasteiger partial charge in [0, 0.05) is 12.6 Å². The Morgan fingerprint density at radius 3 is 2.75 bits per heavy atom. The molecule has 2 atom stereocenters. The average Bonchev–Trinajstić information content (AvgIpc) is 3.08. The lowest BCUT2D eigenvalue weighted by Crippen LogP contribution is -2.49. The zero-order chi connectivity index (χ0) is 14.7. The second kappa shape index (κ2) is 6.39. The summed E-state index contributed by atoms with van der Waals surface area (Å²) in [5, 5.41) is 4.91. The van der Waals surface area contributed by atoms with E-state index in [1.54, 1.807) is 4.90 Å². The van der Waals surface area contributed by atoms with Crippen LogP contribution in [-0.4, -0.2) is 35.3 Å². The monoisotopic (exact) mass is 294 g/mol. The second-order valence-electron chi connectivity index (χ2n) is 5.68. The van der Waals surface area contributed by atoms with Crippen molar-refractivity contribution in [3.8, 4) is 0 Å². The van der Waals surface area contributed by atoms with Crippen molar-refractivity contribution in [1.82, 2.24) is 10.2 Å². The van der Waals surface area contributed by atoms with Crippen molar-refractivity contribution >= 4 is 23.2 Å². The normalized spacial score (nSPS) is 20.2. The molecule has 20 heavy (non-hydrogen) atoms. The van der Waals surface area contributed by atoms with E-state index in [1.165, 1.54) is 11.3 Å². The minimum absolute atomic E-state index is 0.0187. The number of carbonyl (C=O) groups is 2. The molecule has 1 aromatic heterocycles. The molecule has 0 bridgehead atoms. The number of rotatable bonds is 4. The molecule has 0 radical (unpaired) electrons. The first-order valence-electron chi connectivity index (χ1n) is 7.15. The minimum Gasteiger partial charge on any atom is -0.352 e. The van der Waals surface area contributed by atoms with Gasteiger partial charge in [0.25, 0.3) is 5.91 Å². The number of thiophene rings is 1. The van der Waals surface area contributed by atoms with Crippen molar-refractivity contribution in [3.63, 3.8) is 0 Å². The Morgan fingerprint density at radius 2 is 2.15 bits per heavy atom. The summed E-state index contributed by atoms with van der Waals surface area (Å²) in [6.45, 7) is 6.83. The Kier molecular flexibility index (Phi) is 4.81.